The van der Waals surface area contributed by atoms with Crippen LogP contribution < -0.4 is 20.5 Å². The second kappa shape index (κ2) is 12.5. The summed E-state index contributed by atoms with van der Waals surface area (Å²) in [6.07, 6.45) is 2.13. The highest BCUT2D eigenvalue weighted by Gasteiger charge is 2.25. The molecule has 0 unspecified atom stereocenters. The van der Waals surface area contributed by atoms with Gasteiger partial charge in [-0.3, -0.25) is 4.55 Å². The van der Waals surface area contributed by atoms with Crippen molar-refractivity contribution in [2.75, 3.05) is 5.32 Å². The van der Waals surface area contributed by atoms with E-state index in [2.05, 4.69) is 63.4 Å². The maximum Gasteiger partial charge on any atom is 0.295 e. The third-order valence-electron chi connectivity index (χ3n) is 7.78. The molecule has 0 spiro atoms. The Labute approximate surface area is 259 Å². The summed E-state index contributed by atoms with van der Waals surface area (Å²) >= 11 is 0. The Kier molecular flexibility index (Phi) is 8.77. The van der Waals surface area contributed by atoms with E-state index in [1.165, 1.54) is 17.2 Å². The molecule has 224 valence electrons. The first kappa shape index (κ1) is 30.8. The van der Waals surface area contributed by atoms with Gasteiger partial charge in [-0.25, -0.2) is 0 Å². The molecule has 0 amide bonds. The highest BCUT2D eigenvalue weighted by atomic mass is 32.2. The molecule has 44 heavy (non-hydrogen) atoms. The maximum absolute atomic E-state index is 12.5. The average molecular weight is 604 g/mol. The van der Waals surface area contributed by atoms with E-state index in [9.17, 15) is 13.0 Å². The van der Waals surface area contributed by atoms with Crippen molar-refractivity contribution in [3.05, 3.63) is 146 Å². The lowest BCUT2D eigenvalue weighted by atomic mass is 9.92. The van der Waals surface area contributed by atoms with E-state index < -0.39 is 10.1 Å². The number of hydrogen-bond donors (Lipinski definition) is 2. The predicted molar refractivity (Wildman–Crippen MR) is 180 cm³/mol. The van der Waals surface area contributed by atoms with Gasteiger partial charge >= 0.3 is 0 Å². The molecule has 0 bridgehead atoms. The Balaban J connectivity index is 0.00000188. The van der Waals surface area contributed by atoms with Crippen LogP contribution in [0.1, 0.15) is 52.8 Å². The average Bonchev–Trinajstić information content (AvgIpc) is 3.00. The minimum absolute atomic E-state index is 0.150. The molecule has 5 aromatic rings. The van der Waals surface area contributed by atoms with Crippen LogP contribution in [0.3, 0.4) is 0 Å². The summed E-state index contributed by atoms with van der Waals surface area (Å²) in [6.45, 7) is 12.3. The lowest BCUT2D eigenvalue weighted by Crippen LogP contribution is -2.21. The molecule has 1 aliphatic rings. The van der Waals surface area contributed by atoms with Crippen molar-refractivity contribution < 1.29 is 17.7 Å². The fraction of sp³-hybridized carbons (Fsp3) is 0.158. The lowest BCUT2D eigenvalue weighted by molar-refractivity contribution is 0.471. The first-order valence-electron chi connectivity index (χ1n) is 14.7. The Morgan fingerprint density at radius 3 is 1.98 bits per heavy atom. The van der Waals surface area contributed by atoms with Crippen LogP contribution in [-0.2, 0) is 10.1 Å². The third-order valence-corrected chi connectivity index (χ3v) is 8.70. The zero-order valence-electron chi connectivity index (χ0n) is 25.9. The normalized spacial score (nSPS) is 12.4. The molecule has 0 fully saturated rings. The Morgan fingerprint density at radius 2 is 1.32 bits per heavy atom. The Hall–Kier alpha value is -4.65. The predicted octanol–water partition coefficient (Wildman–Crippen LogP) is 8.12. The molecule has 0 saturated heterocycles. The SMILES string of the molecule is CC.Cc1cccc(C)c1/C=c1\ccc2c(c1)Oc1cc(Nc3c(C)cccc3C)ccc1C=2c1ccccc1S(=O)(=O)O. The Morgan fingerprint density at radius 1 is 0.682 bits per heavy atom. The van der Waals surface area contributed by atoms with Crippen LogP contribution in [0.25, 0.3) is 11.6 Å². The molecule has 0 atom stereocenters. The summed E-state index contributed by atoms with van der Waals surface area (Å²) in [5.74, 6) is 1.19. The number of fused-ring (bicyclic) bond motifs is 2. The van der Waals surface area contributed by atoms with E-state index in [1.807, 2.05) is 62.4 Å². The molecule has 6 heteroatoms. The number of benzene rings is 5. The largest absolute Gasteiger partial charge is 0.456 e. The van der Waals surface area contributed by atoms with Crippen molar-refractivity contribution in [1.29, 1.82) is 0 Å². The van der Waals surface area contributed by atoms with Crippen LogP contribution >= 0.6 is 0 Å². The van der Waals surface area contributed by atoms with Crippen molar-refractivity contribution >= 4 is 33.1 Å². The first-order valence-corrected chi connectivity index (χ1v) is 16.2. The highest BCUT2D eigenvalue weighted by molar-refractivity contribution is 7.86. The van der Waals surface area contributed by atoms with E-state index in [0.29, 0.717) is 22.6 Å². The number of ether oxygens (including phenoxy) is 1. The molecular weight excluding hydrogens is 566 g/mol. The number of rotatable bonds is 5. The molecule has 1 heterocycles. The smallest absolute Gasteiger partial charge is 0.295 e. The summed E-state index contributed by atoms with van der Waals surface area (Å²) < 4.78 is 41.6. The van der Waals surface area contributed by atoms with Gasteiger partial charge in [0.25, 0.3) is 10.1 Å². The molecule has 1 aliphatic heterocycles. The van der Waals surface area contributed by atoms with E-state index in [-0.39, 0.29) is 4.90 Å². The van der Waals surface area contributed by atoms with Crippen LogP contribution in [0.4, 0.5) is 11.4 Å². The van der Waals surface area contributed by atoms with Crippen molar-refractivity contribution in [3.8, 4) is 11.5 Å². The topological polar surface area (TPSA) is 75.6 Å². The van der Waals surface area contributed by atoms with Gasteiger partial charge in [-0.1, -0.05) is 74.5 Å². The van der Waals surface area contributed by atoms with Crippen LogP contribution in [0.15, 0.2) is 102 Å². The minimum atomic E-state index is -4.48. The third kappa shape index (κ3) is 6.05. The molecule has 0 radical (unpaired) electrons. The maximum atomic E-state index is 12.5. The lowest BCUT2D eigenvalue weighted by Gasteiger charge is -2.23. The van der Waals surface area contributed by atoms with Crippen molar-refractivity contribution in [2.45, 2.75) is 46.4 Å². The number of hydrogen-bond acceptors (Lipinski definition) is 4. The molecular formula is C38H37NO4S. The fourth-order valence-electron chi connectivity index (χ4n) is 5.64. The highest BCUT2D eigenvalue weighted by Crippen LogP contribution is 2.40. The van der Waals surface area contributed by atoms with E-state index >= 15 is 0 Å². The van der Waals surface area contributed by atoms with Gasteiger partial charge in [0.2, 0.25) is 0 Å². The molecule has 5 nitrogen and oxygen atoms in total. The van der Waals surface area contributed by atoms with Gasteiger partial charge in [0, 0.05) is 39.4 Å². The summed E-state index contributed by atoms with van der Waals surface area (Å²) in [5, 5.41) is 5.23. The summed E-state index contributed by atoms with van der Waals surface area (Å²) in [6, 6.07) is 30.7. The van der Waals surface area contributed by atoms with Gasteiger partial charge in [0.15, 0.2) is 0 Å². The molecule has 0 aliphatic carbocycles. The molecule has 5 aromatic carbocycles. The molecule has 0 aromatic heterocycles. The minimum Gasteiger partial charge on any atom is -0.456 e. The standard InChI is InChI=1S/C36H31NO4S.C2H6/c1-22-9-7-10-23(2)31(22)19-26-15-17-28-32(20-26)41-33-21-27(37-36-24(3)11-8-12-25(36)4)16-18-29(33)35(28)30-13-5-6-14-34(30)42(38,39)40;1-2/h5-21,37H,1-4H3,(H,38,39,40);1-2H3/b26-19+;. The summed E-state index contributed by atoms with van der Waals surface area (Å²) in [7, 11) is -4.48. The molecule has 0 saturated carbocycles. The van der Waals surface area contributed by atoms with Crippen LogP contribution in [-0.4, -0.2) is 13.0 Å². The first-order chi connectivity index (χ1) is 21.1. The van der Waals surface area contributed by atoms with Gasteiger partial charge in [-0.15, -0.1) is 0 Å². The monoisotopic (exact) mass is 603 g/mol. The zero-order chi connectivity index (χ0) is 31.6. The van der Waals surface area contributed by atoms with Crippen LogP contribution in [0.2, 0.25) is 0 Å². The van der Waals surface area contributed by atoms with E-state index in [0.717, 1.165) is 44.1 Å². The van der Waals surface area contributed by atoms with Crippen molar-refractivity contribution in [1.82, 2.24) is 0 Å². The fourth-order valence-corrected chi connectivity index (χ4v) is 6.34. The van der Waals surface area contributed by atoms with Crippen molar-refractivity contribution in [3.63, 3.8) is 0 Å². The second-order valence-corrected chi connectivity index (χ2v) is 12.1. The summed E-state index contributed by atoms with van der Waals surface area (Å²) in [4.78, 5) is -0.150. The van der Waals surface area contributed by atoms with Gasteiger partial charge in [0.05, 0.1) is 0 Å². The van der Waals surface area contributed by atoms with E-state index in [4.69, 9.17) is 4.74 Å². The number of para-hydroxylation sites is 1. The number of anilines is 2. The van der Waals surface area contributed by atoms with Crippen molar-refractivity contribution in [2.24, 2.45) is 0 Å². The van der Waals surface area contributed by atoms with Crippen LogP contribution in [0, 0.1) is 27.7 Å². The molecule has 2 N–H and O–H groups in total. The van der Waals surface area contributed by atoms with E-state index in [1.54, 1.807) is 18.2 Å². The second-order valence-electron chi connectivity index (χ2n) is 10.8. The number of aryl methyl sites for hydroxylation is 4. The Bertz CT molecular complexity index is 2070. The summed E-state index contributed by atoms with van der Waals surface area (Å²) in [5.41, 5.74) is 9.44. The molecule has 6 rings (SSSR count). The number of nitrogens with one attached hydrogen (secondary N) is 1. The van der Waals surface area contributed by atoms with Gasteiger partial charge in [0.1, 0.15) is 16.4 Å². The van der Waals surface area contributed by atoms with Gasteiger partial charge in [-0.05, 0) is 97.1 Å². The zero-order valence-corrected chi connectivity index (χ0v) is 26.7. The van der Waals surface area contributed by atoms with Gasteiger partial charge in [-0.2, -0.15) is 8.42 Å². The quantitative estimate of drug-likeness (QED) is 0.195. The van der Waals surface area contributed by atoms with Crippen LogP contribution in [0.5, 0.6) is 11.5 Å². The van der Waals surface area contributed by atoms with Gasteiger partial charge < -0.3 is 10.1 Å².